The highest BCUT2D eigenvalue weighted by Crippen LogP contribution is 2.38. The maximum atomic E-state index is 11.7. The van der Waals surface area contributed by atoms with E-state index in [1.54, 1.807) is 6.07 Å². The number of carbonyl (C=O) groups is 2. The number of carboxylic acid groups (broad SMARTS) is 1. The van der Waals surface area contributed by atoms with Gasteiger partial charge in [-0.15, -0.1) is 0 Å². The molecule has 0 atom stereocenters. The SMILES string of the molecule is COc1cc(Br)cc(C(=O)C(=O)O)c1OC1CCC1. The van der Waals surface area contributed by atoms with Gasteiger partial charge in [0, 0.05) is 4.47 Å². The first-order chi connectivity index (χ1) is 9.02. The normalized spacial score (nSPS) is 14.6. The largest absolute Gasteiger partial charge is 0.493 e. The molecule has 1 aromatic rings. The third-order valence-electron chi connectivity index (χ3n) is 3.02. The Morgan fingerprint density at radius 1 is 1.37 bits per heavy atom. The Kier molecular flexibility index (Phi) is 4.09. The smallest absolute Gasteiger partial charge is 0.377 e. The van der Waals surface area contributed by atoms with Crippen LogP contribution in [0.5, 0.6) is 11.5 Å². The first kappa shape index (κ1) is 13.9. The predicted octanol–water partition coefficient (Wildman–Crippen LogP) is 2.66. The molecule has 19 heavy (non-hydrogen) atoms. The second-order valence-electron chi connectivity index (χ2n) is 4.29. The van der Waals surface area contributed by atoms with Gasteiger partial charge in [-0.1, -0.05) is 15.9 Å². The van der Waals surface area contributed by atoms with E-state index in [0.717, 1.165) is 19.3 Å². The van der Waals surface area contributed by atoms with Gasteiger partial charge >= 0.3 is 5.97 Å². The predicted molar refractivity (Wildman–Crippen MR) is 70.9 cm³/mol. The van der Waals surface area contributed by atoms with Crippen molar-refractivity contribution in [3.63, 3.8) is 0 Å². The number of hydrogen-bond donors (Lipinski definition) is 1. The van der Waals surface area contributed by atoms with Crippen LogP contribution in [0, 0.1) is 0 Å². The summed E-state index contributed by atoms with van der Waals surface area (Å²) in [4.78, 5) is 22.6. The molecule has 1 N–H and O–H groups in total. The van der Waals surface area contributed by atoms with Crippen molar-refractivity contribution in [2.24, 2.45) is 0 Å². The molecule has 1 aromatic carbocycles. The van der Waals surface area contributed by atoms with Crippen molar-refractivity contribution >= 4 is 27.7 Å². The molecular formula is C13H13BrO5. The zero-order valence-electron chi connectivity index (χ0n) is 10.3. The molecular weight excluding hydrogens is 316 g/mol. The standard InChI is InChI=1S/C13H13BrO5/c1-18-10-6-7(14)5-9(11(15)13(16)17)12(10)19-8-3-2-4-8/h5-6,8H,2-4H2,1H3,(H,16,17). The number of Topliss-reactive ketones (excluding diaryl/α,β-unsaturated/α-hetero) is 1. The van der Waals surface area contributed by atoms with E-state index < -0.39 is 11.8 Å². The zero-order chi connectivity index (χ0) is 14.0. The first-order valence-corrected chi connectivity index (χ1v) is 6.64. The van der Waals surface area contributed by atoms with Gasteiger partial charge in [0.05, 0.1) is 18.8 Å². The lowest BCUT2D eigenvalue weighted by atomic mass is 9.96. The Morgan fingerprint density at radius 2 is 2.05 bits per heavy atom. The maximum Gasteiger partial charge on any atom is 0.377 e. The summed E-state index contributed by atoms with van der Waals surface area (Å²) in [6.07, 6.45) is 2.90. The molecule has 1 fully saturated rings. The van der Waals surface area contributed by atoms with Crippen molar-refractivity contribution in [2.45, 2.75) is 25.4 Å². The molecule has 2 rings (SSSR count). The number of ether oxygens (including phenoxy) is 2. The summed E-state index contributed by atoms with van der Waals surface area (Å²) in [6, 6.07) is 3.08. The number of rotatable bonds is 5. The molecule has 0 saturated heterocycles. The van der Waals surface area contributed by atoms with E-state index in [-0.39, 0.29) is 17.4 Å². The van der Waals surface area contributed by atoms with Crippen molar-refractivity contribution in [3.8, 4) is 11.5 Å². The van der Waals surface area contributed by atoms with E-state index in [0.29, 0.717) is 10.2 Å². The van der Waals surface area contributed by atoms with Gasteiger partial charge in [0.1, 0.15) is 0 Å². The highest BCUT2D eigenvalue weighted by Gasteiger charge is 2.27. The minimum Gasteiger partial charge on any atom is -0.493 e. The van der Waals surface area contributed by atoms with Crippen LogP contribution >= 0.6 is 15.9 Å². The van der Waals surface area contributed by atoms with Crippen LogP contribution in [0.3, 0.4) is 0 Å². The lowest BCUT2D eigenvalue weighted by Gasteiger charge is -2.28. The molecule has 0 radical (unpaired) electrons. The number of benzene rings is 1. The van der Waals surface area contributed by atoms with E-state index in [1.165, 1.54) is 13.2 Å². The Labute approximate surface area is 118 Å². The van der Waals surface area contributed by atoms with Crippen molar-refractivity contribution in [3.05, 3.63) is 22.2 Å². The molecule has 0 aliphatic heterocycles. The van der Waals surface area contributed by atoms with E-state index in [1.807, 2.05) is 0 Å². The number of hydrogen-bond acceptors (Lipinski definition) is 4. The molecule has 1 aliphatic rings. The van der Waals surface area contributed by atoms with Gasteiger partial charge in [0.25, 0.3) is 5.78 Å². The molecule has 0 heterocycles. The summed E-state index contributed by atoms with van der Waals surface area (Å²) < 4.78 is 11.4. The van der Waals surface area contributed by atoms with Gasteiger partial charge in [0.2, 0.25) is 0 Å². The summed E-state index contributed by atoms with van der Waals surface area (Å²) in [5.74, 6) is -1.96. The Bertz CT molecular complexity index is 522. The fourth-order valence-electron chi connectivity index (χ4n) is 1.78. The quantitative estimate of drug-likeness (QED) is 0.664. The molecule has 0 spiro atoms. The average molecular weight is 329 g/mol. The fraction of sp³-hybridized carbons (Fsp3) is 0.385. The van der Waals surface area contributed by atoms with Gasteiger partial charge in [0.15, 0.2) is 11.5 Å². The Hall–Kier alpha value is -1.56. The second-order valence-corrected chi connectivity index (χ2v) is 5.21. The minimum absolute atomic E-state index is 0.00521. The summed E-state index contributed by atoms with van der Waals surface area (Å²) >= 11 is 3.22. The van der Waals surface area contributed by atoms with Crippen LogP contribution in [-0.4, -0.2) is 30.1 Å². The van der Waals surface area contributed by atoms with Crippen molar-refractivity contribution < 1.29 is 24.2 Å². The lowest BCUT2D eigenvalue weighted by molar-refractivity contribution is -0.131. The van der Waals surface area contributed by atoms with Crippen molar-refractivity contribution in [2.75, 3.05) is 7.11 Å². The molecule has 0 bridgehead atoms. The van der Waals surface area contributed by atoms with Gasteiger partial charge in [-0.3, -0.25) is 4.79 Å². The number of aliphatic carboxylic acids is 1. The van der Waals surface area contributed by atoms with Crippen molar-refractivity contribution in [1.82, 2.24) is 0 Å². The number of carboxylic acids is 1. The van der Waals surface area contributed by atoms with Crippen LogP contribution in [-0.2, 0) is 4.79 Å². The van der Waals surface area contributed by atoms with Crippen LogP contribution in [0.25, 0.3) is 0 Å². The van der Waals surface area contributed by atoms with Crippen LogP contribution in [0.1, 0.15) is 29.6 Å². The Morgan fingerprint density at radius 3 is 2.53 bits per heavy atom. The topological polar surface area (TPSA) is 72.8 Å². The summed E-state index contributed by atoms with van der Waals surface area (Å²) in [5, 5.41) is 8.86. The highest BCUT2D eigenvalue weighted by atomic mass is 79.9. The molecule has 0 aromatic heterocycles. The van der Waals surface area contributed by atoms with Crippen LogP contribution < -0.4 is 9.47 Å². The summed E-state index contributed by atoms with van der Waals surface area (Å²) in [5.41, 5.74) is 0.00521. The number of methoxy groups -OCH3 is 1. The highest BCUT2D eigenvalue weighted by molar-refractivity contribution is 9.10. The van der Waals surface area contributed by atoms with Crippen LogP contribution in [0.15, 0.2) is 16.6 Å². The van der Waals surface area contributed by atoms with Crippen molar-refractivity contribution in [1.29, 1.82) is 0 Å². The fourth-order valence-corrected chi connectivity index (χ4v) is 2.22. The number of carbonyl (C=O) groups excluding carboxylic acids is 1. The maximum absolute atomic E-state index is 11.7. The monoisotopic (exact) mass is 328 g/mol. The van der Waals surface area contributed by atoms with Crippen LogP contribution in [0.4, 0.5) is 0 Å². The lowest BCUT2D eigenvalue weighted by Crippen LogP contribution is -2.26. The Balaban J connectivity index is 2.45. The molecule has 0 unspecified atom stereocenters. The first-order valence-electron chi connectivity index (χ1n) is 5.84. The molecule has 1 aliphatic carbocycles. The molecule has 102 valence electrons. The van der Waals surface area contributed by atoms with Gasteiger partial charge in [-0.2, -0.15) is 0 Å². The second kappa shape index (κ2) is 5.61. The third-order valence-corrected chi connectivity index (χ3v) is 3.47. The zero-order valence-corrected chi connectivity index (χ0v) is 11.9. The summed E-state index contributed by atoms with van der Waals surface area (Å²) in [7, 11) is 1.45. The van der Waals surface area contributed by atoms with E-state index in [4.69, 9.17) is 14.6 Å². The average Bonchev–Trinajstić information content (AvgIpc) is 2.32. The molecule has 5 nitrogen and oxygen atoms in total. The van der Waals surface area contributed by atoms with Gasteiger partial charge < -0.3 is 14.6 Å². The van der Waals surface area contributed by atoms with E-state index >= 15 is 0 Å². The number of ketones is 1. The van der Waals surface area contributed by atoms with Gasteiger partial charge in [-0.25, -0.2) is 4.79 Å². The minimum atomic E-state index is -1.52. The van der Waals surface area contributed by atoms with Gasteiger partial charge in [-0.05, 0) is 31.4 Å². The summed E-state index contributed by atoms with van der Waals surface area (Å²) in [6.45, 7) is 0. The van der Waals surface area contributed by atoms with E-state index in [9.17, 15) is 9.59 Å². The molecule has 1 saturated carbocycles. The van der Waals surface area contributed by atoms with Crippen LogP contribution in [0.2, 0.25) is 0 Å². The third kappa shape index (κ3) is 2.89. The molecule has 0 amide bonds. The van der Waals surface area contributed by atoms with E-state index in [2.05, 4.69) is 15.9 Å². The number of halogens is 1. The molecule has 6 heteroatoms.